The molecule has 0 aliphatic carbocycles. The Morgan fingerprint density at radius 3 is 2.48 bits per heavy atom. The molecule has 2 aliphatic heterocycles. The van der Waals surface area contributed by atoms with Crippen LogP contribution in [-0.2, 0) is 9.47 Å². The molecule has 2 aliphatic rings. The van der Waals surface area contributed by atoms with Gasteiger partial charge >= 0.3 is 6.09 Å². The Bertz CT molecular complexity index is 1410. The fraction of sp³-hybridized carbons (Fsp3) is 0.394. The van der Waals surface area contributed by atoms with E-state index in [2.05, 4.69) is 27.7 Å². The van der Waals surface area contributed by atoms with Crippen LogP contribution in [0.2, 0.25) is 0 Å². The average molecular weight is 573 g/mol. The van der Waals surface area contributed by atoms with Crippen LogP contribution in [-0.4, -0.2) is 68.0 Å². The van der Waals surface area contributed by atoms with E-state index in [1.807, 2.05) is 64.1 Å². The molecule has 222 valence electrons. The van der Waals surface area contributed by atoms with Gasteiger partial charge in [-0.3, -0.25) is 4.79 Å². The highest BCUT2D eigenvalue weighted by Crippen LogP contribution is 2.28. The van der Waals surface area contributed by atoms with Gasteiger partial charge in [0.2, 0.25) is 0 Å². The lowest BCUT2D eigenvalue weighted by molar-refractivity contribution is 0.0275. The van der Waals surface area contributed by atoms with Crippen molar-refractivity contribution in [2.45, 2.75) is 45.8 Å². The van der Waals surface area contributed by atoms with Gasteiger partial charge in [-0.05, 0) is 81.8 Å². The zero-order chi connectivity index (χ0) is 29.7. The van der Waals surface area contributed by atoms with E-state index in [0.29, 0.717) is 30.8 Å². The number of morpholine rings is 1. The zero-order valence-electron chi connectivity index (χ0n) is 24.8. The molecule has 3 aromatic rings. The maximum Gasteiger partial charge on any atom is 0.410 e. The summed E-state index contributed by atoms with van der Waals surface area (Å²) in [5, 5.41) is 6.53. The van der Waals surface area contributed by atoms with Crippen LogP contribution in [0.4, 0.5) is 27.5 Å². The number of nitrogens with one attached hydrogen (secondary N) is 2. The molecule has 0 spiro atoms. The lowest BCUT2D eigenvalue weighted by Gasteiger charge is -2.29. The second-order valence-corrected chi connectivity index (χ2v) is 11.7. The Morgan fingerprint density at radius 1 is 0.929 bits per heavy atom. The number of anilines is 4. The van der Waals surface area contributed by atoms with Gasteiger partial charge in [0, 0.05) is 54.4 Å². The minimum atomic E-state index is -0.542. The topological polar surface area (TPSA) is 92.4 Å². The van der Waals surface area contributed by atoms with Crippen molar-refractivity contribution >= 4 is 34.7 Å². The van der Waals surface area contributed by atoms with E-state index in [9.17, 15) is 9.59 Å². The summed E-state index contributed by atoms with van der Waals surface area (Å²) in [6.45, 7) is 11.8. The minimum Gasteiger partial charge on any atom is -0.488 e. The van der Waals surface area contributed by atoms with Gasteiger partial charge in [0.25, 0.3) is 5.91 Å². The first-order valence-corrected chi connectivity index (χ1v) is 14.5. The standard InChI is InChI=1S/C33H40N4O5/c1-23-11-12-26(34-25-8-6-9-27(20-25)36-15-17-40-18-16-36)21-30(23)35-31(38)24-7-5-10-28(19-24)41-29-13-14-37(22-29)32(39)42-33(2,3)4/h5-12,19-21,29,34H,13-18,22H2,1-4H3,(H,35,38). The van der Waals surface area contributed by atoms with E-state index in [-0.39, 0.29) is 18.1 Å². The molecule has 9 heteroatoms. The molecule has 5 rings (SSSR count). The van der Waals surface area contributed by atoms with Gasteiger partial charge in [-0.25, -0.2) is 4.79 Å². The van der Waals surface area contributed by atoms with Crippen LogP contribution in [0.25, 0.3) is 0 Å². The summed E-state index contributed by atoms with van der Waals surface area (Å²) in [7, 11) is 0. The summed E-state index contributed by atoms with van der Waals surface area (Å²) >= 11 is 0. The molecule has 1 unspecified atom stereocenters. The number of amides is 2. The van der Waals surface area contributed by atoms with Gasteiger partial charge in [0.15, 0.2) is 0 Å². The van der Waals surface area contributed by atoms with E-state index in [1.54, 1.807) is 23.1 Å². The fourth-order valence-corrected chi connectivity index (χ4v) is 5.02. The van der Waals surface area contributed by atoms with Crippen LogP contribution in [0.5, 0.6) is 5.75 Å². The van der Waals surface area contributed by atoms with Crippen LogP contribution >= 0.6 is 0 Å². The van der Waals surface area contributed by atoms with Crippen molar-refractivity contribution < 1.29 is 23.8 Å². The molecule has 0 radical (unpaired) electrons. The number of rotatable bonds is 7. The number of carbonyl (C=O) groups excluding carboxylic acids is 2. The molecule has 2 saturated heterocycles. The van der Waals surface area contributed by atoms with E-state index in [0.717, 1.165) is 54.6 Å². The van der Waals surface area contributed by atoms with Crippen LogP contribution in [0.1, 0.15) is 43.1 Å². The summed E-state index contributed by atoms with van der Waals surface area (Å²) < 4.78 is 17.1. The highest BCUT2D eigenvalue weighted by Gasteiger charge is 2.31. The van der Waals surface area contributed by atoms with E-state index in [1.165, 1.54) is 0 Å². The molecule has 3 aromatic carbocycles. The van der Waals surface area contributed by atoms with Crippen LogP contribution < -0.4 is 20.3 Å². The SMILES string of the molecule is Cc1ccc(Nc2cccc(N3CCOCC3)c2)cc1NC(=O)c1cccc(OC2CCN(C(=O)OC(C)(C)C)C2)c1. The predicted molar refractivity (Wildman–Crippen MR) is 165 cm³/mol. The molecule has 2 amide bonds. The summed E-state index contributed by atoms with van der Waals surface area (Å²) in [6, 6.07) is 21.4. The summed E-state index contributed by atoms with van der Waals surface area (Å²) in [5.41, 5.74) is 4.64. The summed E-state index contributed by atoms with van der Waals surface area (Å²) in [5.74, 6) is 0.364. The zero-order valence-corrected chi connectivity index (χ0v) is 24.8. The van der Waals surface area contributed by atoms with E-state index < -0.39 is 5.60 Å². The van der Waals surface area contributed by atoms with Gasteiger partial charge in [-0.15, -0.1) is 0 Å². The Balaban J connectivity index is 1.20. The van der Waals surface area contributed by atoms with Crippen molar-refractivity contribution in [2.24, 2.45) is 0 Å². The van der Waals surface area contributed by atoms with E-state index >= 15 is 0 Å². The summed E-state index contributed by atoms with van der Waals surface area (Å²) in [4.78, 5) is 29.6. The molecule has 42 heavy (non-hydrogen) atoms. The van der Waals surface area contributed by atoms with Crippen molar-refractivity contribution in [1.82, 2.24) is 4.90 Å². The first-order chi connectivity index (χ1) is 20.1. The molecule has 9 nitrogen and oxygen atoms in total. The third kappa shape index (κ3) is 7.73. The van der Waals surface area contributed by atoms with Crippen molar-refractivity contribution in [1.29, 1.82) is 0 Å². The molecular weight excluding hydrogens is 532 g/mol. The monoisotopic (exact) mass is 572 g/mol. The number of nitrogens with zero attached hydrogens (tertiary/aromatic N) is 2. The number of ether oxygens (including phenoxy) is 3. The third-order valence-corrected chi connectivity index (χ3v) is 7.19. The number of hydrogen-bond acceptors (Lipinski definition) is 7. The van der Waals surface area contributed by atoms with Gasteiger partial charge < -0.3 is 34.6 Å². The Morgan fingerprint density at radius 2 is 1.69 bits per heavy atom. The normalized spacial score (nSPS) is 17.1. The fourth-order valence-electron chi connectivity index (χ4n) is 5.02. The number of carbonyl (C=O) groups is 2. The van der Waals surface area contributed by atoms with Gasteiger partial charge in [-0.1, -0.05) is 18.2 Å². The average Bonchev–Trinajstić information content (AvgIpc) is 3.43. The number of benzene rings is 3. The van der Waals surface area contributed by atoms with Crippen LogP contribution in [0.3, 0.4) is 0 Å². The number of aryl methyl sites for hydroxylation is 1. The van der Waals surface area contributed by atoms with Crippen molar-refractivity contribution in [3.63, 3.8) is 0 Å². The minimum absolute atomic E-state index is 0.164. The molecule has 2 heterocycles. The third-order valence-electron chi connectivity index (χ3n) is 7.19. The lowest BCUT2D eigenvalue weighted by Crippen LogP contribution is -2.36. The summed E-state index contributed by atoms with van der Waals surface area (Å²) in [6.07, 6.45) is 0.200. The molecule has 2 N–H and O–H groups in total. The Hall–Kier alpha value is -4.24. The lowest BCUT2D eigenvalue weighted by atomic mass is 10.1. The first kappa shape index (κ1) is 29.3. The number of hydrogen-bond donors (Lipinski definition) is 2. The second-order valence-electron chi connectivity index (χ2n) is 11.7. The molecule has 0 aromatic heterocycles. The molecule has 0 saturated carbocycles. The maximum atomic E-state index is 13.2. The molecule has 2 fully saturated rings. The predicted octanol–water partition coefficient (Wildman–Crippen LogP) is 6.22. The van der Waals surface area contributed by atoms with Gasteiger partial charge in [0.1, 0.15) is 17.5 Å². The Labute approximate surface area is 247 Å². The van der Waals surface area contributed by atoms with Crippen molar-refractivity contribution in [3.05, 3.63) is 77.9 Å². The number of likely N-dealkylation sites (tertiary alicyclic amines) is 1. The second kappa shape index (κ2) is 12.7. The van der Waals surface area contributed by atoms with Crippen molar-refractivity contribution in [3.8, 4) is 5.75 Å². The Kier molecular flexibility index (Phi) is 8.87. The van der Waals surface area contributed by atoms with Crippen molar-refractivity contribution in [2.75, 3.05) is 54.9 Å². The van der Waals surface area contributed by atoms with Gasteiger partial charge in [0.05, 0.1) is 19.8 Å². The van der Waals surface area contributed by atoms with Crippen LogP contribution in [0.15, 0.2) is 66.7 Å². The first-order valence-electron chi connectivity index (χ1n) is 14.5. The van der Waals surface area contributed by atoms with Gasteiger partial charge in [-0.2, -0.15) is 0 Å². The smallest absolute Gasteiger partial charge is 0.410 e. The van der Waals surface area contributed by atoms with E-state index in [4.69, 9.17) is 14.2 Å². The quantitative estimate of drug-likeness (QED) is 0.348. The highest BCUT2D eigenvalue weighted by atomic mass is 16.6. The maximum absolute atomic E-state index is 13.2. The molecular formula is C33H40N4O5. The highest BCUT2D eigenvalue weighted by molar-refractivity contribution is 6.05. The molecule has 1 atom stereocenters. The molecule has 0 bridgehead atoms. The van der Waals surface area contributed by atoms with Crippen LogP contribution in [0, 0.1) is 6.92 Å². The largest absolute Gasteiger partial charge is 0.488 e.